The van der Waals surface area contributed by atoms with Gasteiger partial charge < -0.3 is 4.42 Å². The Balaban J connectivity index is 1.86. The number of halogens is 1. The number of hydrogen-bond acceptors (Lipinski definition) is 5. The van der Waals surface area contributed by atoms with Crippen LogP contribution in [-0.2, 0) is 0 Å². The van der Waals surface area contributed by atoms with Crippen molar-refractivity contribution in [1.82, 2.24) is 14.6 Å². The van der Waals surface area contributed by atoms with E-state index in [2.05, 4.69) is 10.1 Å². The van der Waals surface area contributed by atoms with E-state index in [-0.39, 0.29) is 5.56 Å². The third-order valence-corrected chi connectivity index (χ3v) is 4.26. The topological polar surface area (TPSA) is 60.4 Å². The lowest BCUT2D eigenvalue weighted by atomic mass is 10.2. The highest BCUT2D eigenvalue weighted by atomic mass is 35.5. The number of thiazole rings is 1. The molecule has 4 rings (SSSR count). The van der Waals surface area contributed by atoms with Gasteiger partial charge in [-0.2, -0.15) is 9.50 Å². The number of furan rings is 1. The van der Waals surface area contributed by atoms with Crippen LogP contribution in [0.5, 0.6) is 0 Å². The monoisotopic (exact) mass is 329 g/mol. The molecule has 0 unspecified atom stereocenters. The molecular weight excluding hydrogens is 322 g/mol. The molecule has 0 aliphatic rings. The molecule has 0 atom stereocenters. The van der Waals surface area contributed by atoms with Crippen molar-refractivity contribution in [3.05, 3.63) is 68.1 Å². The number of benzene rings is 1. The van der Waals surface area contributed by atoms with Crippen molar-refractivity contribution < 1.29 is 4.42 Å². The maximum atomic E-state index is 12.4. The molecule has 0 bridgehead atoms. The Bertz CT molecular complexity index is 1070. The van der Waals surface area contributed by atoms with Crippen molar-refractivity contribution in [3.8, 4) is 11.6 Å². The number of rotatable bonds is 2. The Morgan fingerprint density at radius 1 is 1.27 bits per heavy atom. The van der Waals surface area contributed by atoms with Gasteiger partial charge in [0.2, 0.25) is 10.8 Å². The molecule has 0 aliphatic heterocycles. The van der Waals surface area contributed by atoms with Crippen molar-refractivity contribution in [2.45, 2.75) is 0 Å². The first kappa shape index (κ1) is 13.2. The van der Waals surface area contributed by atoms with Crippen LogP contribution in [0.2, 0.25) is 5.02 Å². The number of aromatic nitrogens is 3. The molecule has 3 heterocycles. The first-order valence-corrected chi connectivity index (χ1v) is 7.61. The van der Waals surface area contributed by atoms with E-state index < -0.39 is 0 Å². The van der Waals surface area contributed by atoms with Crippen molar-refractivity contribution in [1.29, 1.82) is 0 Å². The molecular formula is C15H8ClN3O2S. The second-order valence-corrected chi connectivity index (χ2v) is 6.02. The van der Waals surface area contributed by atoms with Gasteiger partial charge in [-0.05, 0) is 35.9 Å². The smallest absolute Gasteiger partial charge is 0.291 e. The summed E-state index contributed by atoms with van der Waals surface area (Å²) in [6, 6.07) is 10.8. The van der Waals surface area contributed by atoms with E-state index >= 15 is 0 Å². The maximum absolute atomic E-state index is 12.4. The summed E-state index contributed by atoms with van der Waals surface area (Å²) in [7, 11) is 0. The Morgan fingerprint density at radius 2 is 2.18 bits per heavy atom. The molecule has 3 aromatic heterocycles. The third kappa shape index (κ3) is 2.22. The minimum Gasteiger partial charge on any atom is -0.461 e. The molecule has 0 saturated heterocycles. The average molecular weight is 330 g/mol. The van der Waals surface area contributed by atoms with Gasteiger partial charge in [-0.15, -0.1) is 5.10 Å². The summed E-state index contributed by atoms with van der Waals surface area (Å²) in [5.41, 5.74) is 0.658. The van der Waals surface area contributed by atoms with E-state index in [9.17, 15) is 4.79 Å². The van der Waals surface area contributed by atoms with Gasteiger partial charge in [-0.25, -0.2) is 0 Å². The fourth-order valence-electron chi connectivity index (χ4n) is 2.09. The van der Waals surface area contributed by atoms with Crippen LogP contribution in [0.3, 0.4) is 0 Å². The summed E-state index contributed by atoms with van der Waals surface area (Å²) in [6.45, 7) is 0. The Morgan fingerprint density at radius 3 is 2.91 bits per heavy atom. The second-order valence-electron chi connectivity index (χ2n) is 4.58. The normalized spacial score (nSPS) is 12.3. The second kappa shape index (κ2) is 5.08. The zero-order chi connectivity index (χ0) is 15.1. The van der Waals surface area contributed by atoms with E-state index in [0.29, 0.717) is 26.1 Å². The van der Waals surface area contributed by atoms with E-state index in [1.165, 1.54) is 15.9 Å². The third-order valence-electron chi connectivity index (χ3n) is 3.07. The van der Waals surface area contributed by atoms with E-state index in [1.807, 2.05) is 12.1 Å². The summed E-state index contributed by atoms with van der Waals surface area (Å²) in [5.74, 6) is 0.943. The van der Waals surface area contributed by atoms with Gasteiger partial charge in [0, 0.05) is 5.02 Å². The van der Waals surface area contributed by atoms with E-state index in [1.54, 1.807) is 36.6 Å². The van der Waals surface area contributed by atoms with Gasteiger partial charge in [0.1, 0.15) is 0 Å². The van der Waals surface area contributed by atoms with Gasteiger partial charge in [-0.3, -0.25) is 4.79 Å². The SMILES string of the molecule is O=c1/c(=C/c2cccc(Cl)c2)sc2nc(-c3ccco3)nn12. The number of fused-ring (bicyclic) bond motifs is 1. The summed E-state index contributed by atoms with van der Waals surface area (Å²) in [4.78, 5) is 17.2. The van der Waals surface area contributed by atoms with Gasteiger partial charge in [-0.1, -0.05) is 35.1 Å². The molecule has 0 radical (unpaired) electrons. The van der Waals surface area contributed by atoms with E-state index in [4.69, 9.17) is 16.0 Å². The van der Waals surface area contributed by atoms with Crippen LogP contribution < -0.4 is 10.1 Å². The number of nitrogens with zero attached hydrogens (tertiary/aromatic N) is 3. The summed E-state index contributed by atoms with van der Waals surface area (Å²) >= 11 is 7.23. The van der Waals surface area contributed by atoms with Gasteiger partial charge in [0.05, 0.1) is 10.8 Å². The molecule has 0 N–H and O–H groups in total. The van der Waals surface area contributed by atoms with E-state index in [0.717, 1.165) is 5.56 Å². The van der Waals surface area contributed by atoms with Crippen LogP contribution in [0.1, 0.15) is 5.56 Å². The Labute approximate surface area is 133 Å². The zero-order valence-electron chi connectivity index (χ0n) is 11.1. The molecule has 7 heteroatoms. The molecule has 0 saturated carbocycles. The van der Waals surface area contributed by atoms with Crippen LogP contribution in [0, 0.1) is 0 Å². The molecule has 5 nitrogen and oxygen atoms in total. The fraction of sp³-hybridized carbons (Fsp3) is 0. The quantitative estimate of drug-likeness (QED) is 0.567. The molecule has 0 aliphatic carbocycles. The van der Waals surface area contributed by atoms with Crippen molar-refractivity contribution in [3.63, 3.8) is 0 Å². The standard InChI is InChI=1S/C15H8ClN3O2S/c16-10-4-1-3-9(7-10)8-12-14(20)19-15(22-12)17-13(18-19)11-5-2-6-21-11/h1-8H/b12-8-. The van der Waals surface area contributed by atoms with Crippen LogP contribution in [-0.4, -0.2) is 14.6 Å². The fourth-order valence-corrected chi connectivity index (χ4v) is 3.20. The predicted molar refractivity (Wildman–Crippen MR) is 85.1 cm³/mol. The van der Waals surface area contributed by atoms with Gasteiger partial charge in [0.15, 0.2) is 5.76 Å². The highest BCUT2D eigenvalue weighted by Crippen LogP contribution is 2.16. The molecule has 0 amide bonds. The number of hydrogen-bond donors (Lipinski definition) is 0. The van der Waals surface area contributed by atoms with Gasteiger partial charge >= 0.3 is 0 Å². The van der Waals surface area contributed by atoms with Crippen LogP contribution in [0.25, 0.3) is 22.6 Å². The minimum atomic E-state index is -0.203. The summed E-state index contributed by atoms with van der Waals surface area (Å²) in [5, 5.41) is 4.82. The minimum absolute atomic E-state index is 0.203. The van der Waals surface area contributed by atoms with Crippen LogP contribution in [0.4, 0.5) is 0 Å². The maximum Gasteiger partial charge on any atom is 0.291 e. The van der Waals surface area contributed by atoms with Crippen LogP contribution >= 0.6 is 22.9 Å². The highest BCUT2D eigenvalue weighted by Gasteiger charge is 2.13. The Hall–Kier alpha value is -2.44. The molecule has 4 aromatic rings. The predicted octanol–water partition coefficient (Wildman–Crippen LogP) is 2.61. The molecule has 108 valence electrons. The summed E-state index contributed by atoms with van der Waals surface area (Å²) in [6.07, 6.45) is 3.32. The zero-order valence-corrected chi connectivity index (χ0v) is 12.6. The van der Waals surface area contributed by atoms with Crippen molar-refractivity contribution in [2.24, 2.45) is 0 Å². The lowest BCUT2D eigenvalue weighted by Gasteiger charge is -1.91. The average Bonchev–Trinajstić information content (AvgIpc) is 3.18. The Kier molecular flexibility index (Phi) is 3.06. The molecule has 0 spiro atoms. The first-order valence-electron chi connectivity index (χ1n) is 6.41. The molecule has 22 heavy (non-hydrogen) atoms. The lowest BCUT2D eigenvalue weighted by Crippen LogP contribution is -2.23. The van der Waals surface area contributed by atoms with Crippen LogP contribution in [0.15, 0.2) is 51.9 Å². The van der Waals surface area contributed by atoms with Gasteiger partial charge in [0.25, 0.3) is 5.56 Å². The summed E-state index contributed by atoms with van der Waals surface area (Å²) < 4.78 is 7.09. The highest BCUT2D eigenvalue weighted by molar-refractivity contribution is 7.15. The lowest BCUT2D eigenvalue weighted by molar-refractivity contribution is 0.577. The first-order chi connectivity index (χ1) is 10.7. The van der Waals surface area contributed by atoms with Crippen molar-refractivity contribution >= 4 is 34.0 Å². The molecule has 1 aromatic carbocycles. The van der Waals surface area contributed by atoms with Crippen molar-refractivity contribution in [2.75, 3.05) is 0 Å². The molecule has 0 fully saturated rings. The largest absolute Gasteiger partial charge is 0.461 e.